The molecule has 136 valence electrons. The highest BCUT2D eigenvalue weighted by atomic mass is 32.2. The smallest absolute Gasteiger partial charge is 0.357 e. The van der Waals surface area contributed by atoms with Crippen LogP contribution in [-0.2, 0) is 21.7 Å². The van der Waals surface area contributed by atoms with Gasteiger partial charge >= 0.3 is 11.1 Å². The first-order valence-corrected chi connectivity index (χ1v) is 9.33. The van der Waals surface area contributed by atoms with Crippen LogP contribution in [0.15, 0.2) is 47.6 Å². The fraction of sp³-hybridized carbons (Fsp3) is 0.222. The summed E-state index contributed by atoms with van der Waals surface area (Å²) >= 11 is -1.52. The fourth-order valence-electron chi connectivity index (χ4n) is 2.58. The second-order valence-corrected chi connectivity index (χ2v) is 6.83. The zero-order valence-corrected chi connectivity index (χ0v) is 15.3. The van der Waals surface area contributed by atoms with Gasteiger partial charge in [-0.1, -0.05) is 12.1 Å². The van der Waals surface area contributed by atoms with Gasteiger partial charge in [0.2, 0.25) is 0 Å². The molecule has 0 radical (unpaired) electrons. The molecule has 0 amide bonds. The van der Waals surface area contributed by atoms with Crippen molar-refractivity contribution in [3.05, 3.63) is 53.6 Å². The summed E-state index contributed by atoms with van der Waals surface area (Å²) < 4.78 is 19.3. The van der Waals surface area contributed by atoms with Gasteiger partial charge in [-0.25, -0.2) is 4.79 Å². The number of nitrogens with zero attached hydrogens (tertiary/aromatic N) is 2. The Morgan fingerprint density at radius 3 is 2.81 bits per heavy atom. The van der Waals surface area contributed by atoms with E-state index in [1.165, 1.54) is 11.8 Å². The quantitative estimate of drug-likeness (QED) is 0.403. The molecule has 0 fully saturated rings. The Balaban J connectivity index is 1.92. The van der Waals surface area contributed by atoms with Crippen molar-refractivity contribution in [3.8, 4) is 0 Å². The van der Waals surface area contributed by atoms with Crippen LogP contribution in [0.4, 0.5) is 5.69 Å². The monoisotopic (exact) mass is 373 g/mol. The van der Waals surface area contributed by atoms with Crippen LogP contribution in [0.25, 0.3) is 11.0 Å². The third kappa shape index (κ3) is 3.47. The Bertz CT molecular complexity index is 941. The zero-order chi connectivity index (χ0) is 18.7. The third-order valence-corrected chi connectivity index (χ3v) is 5.05. The van der Waals surface area contributed by atoms with E-state index in [1.54, 1.807) is 25.1 Å². The average Bonchev–Trinajstić information content (AvgIpc) is 3.02. The van der Waals surface area contributed by atoms with Gasteiger partial charge in [0.25, 0.3) is 0 Å². The number of fused-ring (bicyclic) bond motifs is 1. The molecule has 1 atom stereocenters. The molecule has 0 saturated carbocycles. The van der Waals surface area contributed by atoms with Gasteiger partial charge in [-0.15, -0.1) is 4.73 Å². The van der Waals surface area contributed by atoms with Crippen molar-refractivity contribution in [2.24, 2.45) is 0 Å². The average molecular weight is 373 g/mol. The molecule has 0 aliphatic heterocycles. The van der Waals surface area contributed by atoms with Crippen molar-refractivity contribution >= 4 is 33.9 Å². The van der Waals surface area contributed by atoms with Gasteiger partial charge in [0.05, 0.1) is 17.7 Å². The molecule has 2 aromatic carbocycles. The normalized spacial score (nSPS) is 12.1. The second-order valence-electron chi connectivity index (χ2n) is 5.48. The number of rotatable bonds is 6. The molecule has 1 heterocycles. The Hall–Kier alpha value is -2.71. The SMILES string of the molecule is CCOC(=O)c1ccc(N)c(C[S+]([O-])c2nc3ccccc3n2OC)c1. The minimum absolute atomic E-state index is 0.103. The van der Waals surface area contributed by atoms with Crippen molar-refractivity contribution in [2.75, 3.05) is 19.5 Å². The highest BCUT2D eigenvalue weighted by Crippen LogP contribution is 2.24. The topological polar surface area (TPSA) is 102 Å². The molecule has 0 spiro atoms. The summed E-state index contributed by atoms with van der Waals surface area (Å²) in [5.41, 5.74) is 8.81. The first-order chi connectivity index (χ1) is 12.5. The molecule has 0 aliphatic carbocycles. The van der Waals surface area contributed by atoms with E-state index in [0.29, 0.717) is 22.3 Å². The molecule has 8 heteroatoms. The number of aromatic nitrogens is 2. The lowest BCUT2D eigenvalue weighted by molar-refractivity contribution is 0.0526. The molecule has 0 bridgehead atoms. The molecular weight excluding hydrogens is 354 g/mol. The van der Waals surface area contributed by atoms with E-state index in [-0.39, 0.29) is 17.5 Å². The largest absolute Gasteiger partial charge is 0.609 e. The van der Waals surface area contributed by atoms with Crippen LogP contribution < -0.4 is 10.6 Å². The first kappa shape index (κ1) is 18.1. The number of carbonyl (C=O) groups excluding carboxylic acids is 1. The Labute approximate surface area is 153 Å². The van der Waals surface area contributed by atoms with Gasteiger partial charge in [-0.05, 0) is 37.3 Å². The van der Waals surface area contributed by atoms with Gasteiger partial charge in [-0.2, -0.15) is 4.98 Å². The van der Waals surface area contributed by atoms with E-state index in [4.69, 9.17) is 15.3 Å². The minimum atomic E-state index is -1.52. The van der Waals surface area contributed by atoms with Crippen molar-refractivity contribution in [3.63, 3.8) is 0 Å². The molecule has 7 nitrogen and oxygen atoms in total. The number of ether oxygens (including phenoxy) is 1. The van der Waals surface area contributed by atoms with Crippen LogP contribution in [0.2, 0.25) is 0 Å². The van der Waals surface area contributed by atoms with Gasteiger partial charge in [-0.3, -0.25) is 0 Å². The minimum Gasteiger partial charge on any atom is -0.609 e. The van der Waals surface area contributed by atoms with Crippen molar-refractivity contribution in [2.45, 2.75) is 17.8 Å². The van der Waals surface area contributed by atoms with Crippen LogP contribution in [0.5, 0.6) is 0 Å². The highest BCUT2D eigenvalue weighted by Gasteiger charge is 2.24. The van der Waals surface area contributed by atoms with Crippen LogP contribution >= 0.6 is 0 Å². The Morgan fingerprint density at radius 2 is 2.08 bits per heavy atom. The molecule has 26 heavy (non-hydrogen) atoms. The van der Waals surface area contributed by atoms with E-state index in [1.807, 2.05) is 24.3 Å². The molecule has 3 rings (SSSR count). The highest BCUT2D eigenvalue weighted by molar-refractivity contribution is 7.90. The summed E-state index contributed by atoms with van der Waals surface area (Å²) in [6.07, 6.45) is 0. The number of para-hydroxylation sites is 2. The predicted molar refractivity (Wildman–Crippen MR) is 99.2 cm³/mol. The molecule has 2 N–H and O–H groups in total. The summed E-state index contributed by atoms with van der Waals surface area (Å²) in [4.78, 5) is 21.6. The standard InChI is InChI=1S/C18H19N3O4S/c1-3-25-17(22)12-8-9-14(19)13(10-12)11-26(23)18-20-15-6-4-5-7-16(15)21(18)24-2/h4-10H,3,11,19H2,1-2H3. The van der Waals surface area contributed by atoms with Gasteiger partial charge in [0, 0.05) is 22.4 Å². The molecule has 1 unspecified atom stereocenters. The maximum atomic E-state index is 12.9. The zero-order valence-electron chi connectivity index (χ0n) is 14.5. The maximum absolute atomic E-state index is 12.9. The number of benzene rings is 2. The summed E-state index contributed by atoms with van der Waals surface area (Å²) in [6.45, 7) is 2.02. The number of hydrogen-bond acceptors (Lipinski definition) is 6. The van der Waals surface area contributed by atoms with E-state index in [0.717, 1.165) is 5.52 Å². The Morgan fingerprint density at radius 1 is 1.31 bits per heavy atom. The molecule has 1 aromatic heterocycles. The number of hydrogen-bond donors (Lipinski definition) is 1. The lowest BCUT2D eigenvalue weighted by atomic mass is 10.1. The van der Waals surface area contributed by atoms with Crippen molar-refractivity contribution in [1.29, 1.82) is 0 Å². The molecular formula is C18H19N3O4S. The van der Waals surface area contributed by atoms with E-state index < -0.39 is 17.1 Å². The summed E-state index contributed by atoms with van der Waals surface area (Å²) in [5.74, 6) is -0.338. The number of nitrogens with two attached hydrogens (primary N) is 1. The molecule has 3 aromatic rings. The lowest BCUT2D eigenvalue weighted by Crippen LogP contribution is -2.17. The van der Waals surface area contributed by atoms with Crippen LogP contribution in [-0.4, -0.2) is 34.0 Å². The fourth-order valence-corrected chi connectivity index (χ4v) is 3.80. The van der Waals surface area contributed by atoms with Gasteiger partial charge in [0.15, 0.2) is 0 Å². The number of anilines is 1. The van der Waals surface area contributed by atoms with E-state index in [9.17, 15) is 9.35 Å². The van der Waals surface area contributed by atoms with Crippen LogP contribution in [0, 0.1) is 0 Å². The molecule has 0 aliphatic rings. The van der Waals surface area contributed by atoms with Crippen LogP contribution in [0.3, 0.4) is 0 Å². The second kappa shape index (κ2) is 7.67. The summed E-state index contributed by atoms with van der Waals surface area (Å²) in [7, 11) is 1.49. The summed E-state index contributed by atoms with van der Waals surface area (Å²) in [6, 6.07) is 12.2. The van der Waals surface area contributed by atoms with E-state index >= 15 is 0 Å². The van der Waals surface area contributed by atoms with Gasteiger partial charge in [0.1, 0.15) is 18.4 Å². The summed E-state index contributed by atoms with van der Waals surface area (Å²) in [5, 5.41) is 0.287. The van der Waals surface area contributed by atoms with Crippen LogP contribution in [0.1, 0.15) is 22.8 Å². The number of nitrogen functional groups attached to an aromatic ring is 1. The maximum Gasteiger partial charge on any atom is 0.357 e. The Kier molecular flexibility index (Phi) is 5.34. The van der Waals surface area contributed by atoms with Crippen molar-refractivity contribution in [1.82, 2.24) is 9.71 Å². The van der Waals surface area contributed by atoms with Gasteiger partial charge < -0.3 is 19.9 Å². The number of esters is 1. The van der Waals surface area contributed by atoms with E-state index in [2.05, 4.69) is 4.98 Å². The number of carbonyl (C=O) groups is 1. The predicted octanol–water partition coefficient (Wildman–Crippen LogP) is 2.16. The molecule has 0 saturated heterocycles. The third-order valence-electron chi connectivity index (χ3n) is 3.82. The first-order valence-electron chi connectivity index (χ1n) is 8.01. The number of imidazole rings is 1. The lowest BCUT2D eigenvalue weighted by Gasteiger charge is -2.13. The van der Waals surface area contributed by atoms with Crippen molar-refractivity contribution < 1.29 is 18.9 Å².